The molecule has 1 atom stereocenters. The summed E-state index contributed by atoms with van der Waals surface area (Å²) in [6, 6.07) is 11.2. The molecule has 2 aromatic carbocycles. The number of rotatable bonds is 9. The minimum Gasteiger partial charge on any atom is -0.497 e. The van der Waals surface area contributed by atoms with Crippen LogP contribution < -0.4 is 29.2 Å². The summed E-state index contributed by atoms with van der Waals surface area (Å²) in [5.41, 5.74) is 1.67. The molecule has 1 fully saturated rings. The molecule has 1 N–H and O–H groups in total. The monoisotopic (exact) mass is 497 g/mol. The van der Waals surface area contributed by atoms with Gasteiger partial charge in [0.05, 0.1) is 40.0 Å². The van der Waals surface area contributed by atoms with Crippen LogP contribution in [0.4, 0.5) is 10.8 Å². The molecule has 2 heterocycles. The van der Waals surface area contributed by atoms with Gasteiger partial charge < -0.3 is 29.2 Å². The van der Waals surface area contributed by atoms with Gasteiger partial charge in [-0.2, -0.15) is 0 Å². The molecule has 10 heteroatoms. The molecule has 9 nitrogen and oxygen atoms in total. The van der Waals surface area contributed by atoms with Crippen LogP contribution in [0.5, 0.6) is 23.0 Å². The summed E-state index contributed by atoms with van der Waals surface area (Å²) in [5, 5.41) is 3.37. The Balaban J connectivity index is 1.43. The van der Waals surface area contributed by atoms with Crippen LogP contribution in [0.3, 0.4) is 0 Å². The maximum atomic E-state index is 12.9. The molecule has 2 amide bonds. The van der Waals surface area contributed by atoms with E-state index in [0.29, 0.717) is 34.5 Å². The first kappa shape index (κ1) is 24.3. The highest BCUT2D eigenvalue weighted by molar-refractivity contribution is 7.15. The lowest BCUT2D eigenvalue weighted by molar-refractivity contribution is -0.122. The highest BCUT2D eigenvalue weighted by Crippen LogP contribution is 2.42. The number of nitrogens with zero attached hydrogens (tertiary/aromatic N) is 2. The van der Waals surface area contributed by atoms with Gasteiger partial charge in [-0.05, 0) is 17.7 Å². The Morgan fingerprint density at radius 2 is 1.83 bits per heavy atom. The number of hydrogen-bond acceptors (Lipinski definition) is 8. The molecule has 0 bridgehead atoms. The van der Waals surface area contributed by atoms with Crippen LogP contribution >= 0.6 is 11.3 Å². The van der Waals surface area contributed by atoms with Crippen LogP contribution in [0.25, 0.3) is 0 Å². The van der Waals surface area contributed by atoms with Gasteiger partial charge in [0.2, 0.25) is 17.6 Å². The van der Waals surface area contributed by atoms with Crippen molar-refractivity contribution in [3.8, 4) is 23.0 Å². The van der Waals surface area contributed by atoms with E-state index in [-0.39, 0.29) is 24.8 Å². The van der Waals surface area contributed by atoms with Crippen molar-refractivity contribution in [3.05, 3.63) is 53.0 Å². The van der Waals surface area contributed by atoms with Gasteiger partial charge in [0.15, 0.2) is 16.6 Å². The Morgan fingerprint density at radius 3 is 2.49 bits per heavy atom. The van der Waals surface area contributed by atoms with E-state index in [1.165, 1.54) is 32.7 Å². The van der Waals surface area contributed by atoms with Crippen molar-refractivity contribution < 1.29 is 28.5 Å². The lowest BCUT2D eigenvalue weighted by Gasteiger charge is -2.20. The van der Waals surface area contributed by atoms with Gasteiger partial charge >= 0.3 is 0 Å². The summed E-state index contributed by atoms with van der Waals surface area (Å²) in [6.45, 7) is 0.241. The number of carbonyl (C=O) groups is 2. The molecule has 1 aromatic heterocycles. The molecule has 0 radical (unpaired) electrons. The molecule has 0 aliphatic carbocycles. The summed E-state index contributed by atoms with van der Waals surface area (Å²) in [7, 11) is 6.18. The first-order valence-corrected chi connectivity index (χ1v) is 11.8. The van der Waals surface area contributed by atoms with E-state index in [0.717, 1.165) is 16.2 Å². The van der Waals surface area contributed by atoms with Crippen LogP contribution in [0.1, 0.15) is 16.9 Å². The zero-order valence-corrected chi connectivity index (χ0v) is 20.8. The summed E-state index contributed by atoms with van der Waals surface area (Å²) in [6.07, 6.45) is 2.54. The third-order valence-electron chi connectivity index (χ3n) is 5.75. The number of nitrogens with one attached hydrogen (secondary N) is 1. The largest absolute Gasteiger partial charge is 0.497 e. The number of thiazole rings is 1. The lowest BCUT2D eigenvalue weighted by Crippen LogP contribution is -2.28. The van der Waals surface area contributed by atoms with Crippen LogP contribution in [-0.4, -0.2) is 51.8 Å². The normalized spacial score (nSPS) is 15.1. The van der Waals surface area contributed by atoms with Crippen molar-refractivity contribution in [3.63, 3.8) is 0 Å². The number of carbonyl (C=O) groups excluding carboxylic acids is 2. The number of methoxy groups -OCH3 is 4. The van der Waals surface area contributed by atoms with E-state index in [1.54, 1.807) is 30.3 Å². The molecule has 4 rings (SSSR count). The van der Waals surface area contributed by atoms with Crippen molar-refractivity contribution in [1.29, 1.82) is 0 Å². The zero-order valence-electron chi connectivity index (χ0n) is 20.0. The zero-order chi connectivity index (χ0) is 24.9. The first-order valence-electron chi connectivity index (χ1n) is 10.9. The Morgan fingerprint density at radius 1 is 1.09 bits per heavy atom. The Hall–Kier alpha value is -3.79. The predicted octanol–water partition coefficient (Wildman–Crippen LogP) is 3.76. The summed E-state index contributed by atoms with van der Waals surface area (Å²) in [4.78, 5) is 32.6. The fourth-order valence-electron chi connectivity index (χ4n) is 3.99. The quantitative estimate of drug-likeness (QED) is 0.481. The Bertz CT molecular complexity index is 1200. The van der Waals surface area contributed by atoms with Crippen molar-refractivity contribution in [2.75, 3.05) is 45.2 Å². The molecule has 1 aliphatic heterocycles. The highest BCUT2D eigenvalue weighted by atomic mass is 32.1. The van der Waals surface area contributed by atoms with Gasteiger partial charge in [-0.15, -0.1) is 11.3 Å². The number of hydrogen-bond donors (Lipinski definition) is 1. The first-order chi connectivity index (χ1) is 16.9. The molecule has 1 aliphatic rings. The SMILES string of the molecule is COc1cccc(Cc2cnc(NC(=O)C3CC(=O)N(c4cc(OC)c(OC)c(OC)c4)C3)s2)c1. The molecule has 184 valence electrons. The molecule has 0 saturated carbocycles. The summed E-state index contributed by atoms with van der Waals surface area (Å²) >= 11 is 1.41. The van der Waals surface area contributed by atoms with E-state index >= 15 is 0 Å². The number of anilines is 2. The van der Waals surface area contributed by atoms with E-state index in [4.69, 9.17) is 18.9 Å². The minimum absolute atomic E-state index is 0.102. The van der Waals surface area contributed by atoms with Crippen molar-refractivity contribution in [1.82, 2.24) is 4.98 Å². The second kappa shape index (κ2) is 10.6. The Labute approximate surface area is 207 Å². The summed E-state index contributed by atoms with van der Waals surface area (Å²) < 4.78 is 21.4. The molecular weight excluding hydrogens is 470 g/mol. The average molecular weight is 498 g/mol. The van der Waals surface area contributed by atoms with E-state index < -0.39 is 5.92 Å². The van der Waals surface area contributed by atoms with Gasteiger partial charge in [-0.1, -0.05) is 12.1 Å². The topological polar surface area (TPSA) is 99.2 Å². The molecule has 35 heavy (non-hydrogen) atoms. The van der Waals surface area contributed by atoms with E-state index in [1.807, 2.05) is 24.3 Å². The molecule has 1 saturated heterocycles. The van der Waals surface area contributed by atoms with Gasteiger partial charge in [0.25, 0.3) is 0 Å². The standard InChI is InChI=1S/C25H27N3O6S/c1-31-18-7-5-6-15(8-18)9-19-13-26-25(35-19)27-24(30)16-10-22(29)28(14-16)17-11-20(32-2)23(34-4)21(12-17)33-3/h5-8,11-13,16H,9-10,14H2,1-4H3,(H,26,27,30). The molecule has 3 aromatic rings. The maximum Gasteiger partial charge on any atom is 0.231 e. The van der Waals surface area contributed by atoms with E-state index in [9.17, 15) is 9.59 Å². The third-order valence-corrected chi connectivity index (χ3v) is 6.67. The average Bonchev–Trinajstić information content (AvgIpc) is 3.49. The Kier molecular flexibility index (Phi) is 7.40. The highest BCUT2D eigenvalue weighted by Gasteiger charge is 2.36. The molecule has 0 spiro atoms. The smallest absolute Gasteiger partial charge is 0.231 e. The fourth-order valence-corrected chi connectivity index (χ4v) is 4.84. The van der Waals surface area contributed by atoms with Crippen LogP contribution in [0, 0.1) is 5.92 Å². The maximum absolute atomic E-state index is 12.9. The van der Waals surface area contributed by atoms with Crippen LogP contribution in [0.2, 0.25) is 0 Å². The van der Waals surface area contributed by atoms with Crippen molar-refractivity contribution in [2.24, 2.45) is 5.92 Å². The van der Waals surface area contributed by atoms with Crippen molar-refractivity contribution >= 4 is 34.0 Å². The van der Waals surface area contributed by atoms with Crippen molar-refractivity contribution in [2.45, 2.75) is 12.8 Å². The van der Waals surface area contributed by atoms with Gasteiger partial charge in [0, 0.05) is 42.6 Å². The minimum atomic E-state index is -0.507. The fraction of sp³-hybridized carbons (Fsp3) is 0.320. The number of ether oxygens (including phenoxy) is 4. The van der Waals surface area contributed by atoms with Crippen LogP contribution in [0.15, 0.2) is 42.6 Å². The number of aromatic nitrogens is 1. The molecule has 1 unspecified atom stereocenters. The van der Waals surface area contributed by atoms with Gasteiger partial charge in [-0.25, -0.2) is 4.98 Å². The number of benzene rings is 2. The lowest BCUT2D eigenvalue weighted by atomic mass is 10.1. The number of amides is 2. The summed E-state index contributed by atoms with van der Waals surface area (Å²) in [5.74, 6) is 1.21. The van der Waals surface area contributed by atoms with Gasteiger partial charge in [0.1, 0.15) is 5.75 Å². The van der Waals surface area contributed by atoms with Gasteiger partial charge in [-0.3, -0.25) is 9.59 Å². The second-order valence-corrected chi connectivity index (χ2v) is 9.05. The van der Waals surface area contributed by atoms with Crippen LogP contribution in [-0.2, 0) is 16.0 Å². The van der Waals surface area contributed by atoms with E-state index in [2.05, 4.69) is 10.3 Å². The molecular formula is C25H27N3O6S. The third kappa shape index (κ3) is 5.32. The predicted molar refractivity (Wildman–Crippen MR) is 133 cm³/mol. The second-order valence-electron chi connectivity index (χ2n) is 7.94.